The fourth-order valence-electron chi connectivity index (χ4n) is 2.24. The maximum Gasteiger partial charge on any atom is 0.0756 e. The zero-order valence-electron chi connectivity index (χ0n) is 11.0. The molecule has 2 aromatic rings. The Morgan fingerprint density at radius 2 is 2.00 bits per heavy atom. The van der Waals surface area contributed by atoms with Crippen molar-refractivity contribution in [3.8, 4) is 6.07 Å². The molecule has 0 amide bonds. The number of halogens is 2. The molecule has 1 heterocycles. The van der Waals surface area contributed by atoms with E-state index in [0.717, 1.165) is 27.8 Å². The molecule has 0 fully saturated rings. The number of rotatable bonds is 2. The van der Waals surface area contributed by atoms with Gasteiger partial charge in [-0.1, -0.05) is 23.2 Å². The second-order valence-electron chi connectivity index (χ2n) is 4.54. The van der Waals surface area contributed by atoms with E-state index in [4.69, 9.17) is 28.5 Å². The van der Waals surface area contributed by atoms with Crippen LogP contribution in [0.2, 0.25) is 10.0 Å². The highest BCUT2D eigenvalue weighted by molar-refractivity contribution is 6.39. The summed E-state index contributed by atoms with van der Waals surface area (Å²) in [6.07, 6.45) is 0.307. The third-order valence-corrected chi connectivity index (χ3v) is 3.50. The van der Waals surface area contributed by atoms with Crippen LogP contribution in [-0.4, -0.2) is 19.1 Å². The molecule has 19 heavy (non-hydrogen) atoms. The van der Waals surface area contributed by atoms with E-state index in [1.165, 1.54) is 0 Å². The third kappa shape index (κ3) is 2.47. The molecule has 0 saturated heterocycles. The summed E-state index contributed by atoms with van der Waals surface area (Å²) in [6, 6.07) is 5.67. The Bertz CT molecular complexity index is 687. The molecule has 0 N–H and O–H groups in total. The van der Waals surface area contributed by atoms with Crippen LogP contribution in [0.15, 0.2) is 12.1 Å². The Hall–Kier alpha value is -1.50. The molecule has 5 heteroatoms. The number of hydrogen-bond donors (Lipinski definition) is 0. The molecule has 0 aliphatic carbocycles. The van der Waals surface area contributed by atoms with Gasteiger partial charge in [-0.25, -0.2) is 0 Å². The highest BCUT2D eigenvalue weighted by atomic mass is 35.5. The highest BCUT2D eigenvalue weighted by Crippen LogP contribution is 2.37. The van der Waals surface area contributed by atoms with Crippen molar-refractivity contribution in [1.29, 1.82) is 5.26 Å². The first kappa shape index (κ1) is 13.9. The largest absolute Gasteiger partial charge is 0.377 e. The van der Waals surface area contributed by atoms with Gasteiger partial charge >= 0.3 is 0 Å². The summed E-state index contributed by atoms with van der Waals surface area (Å²) in [6.45, 7) is 1.90. The SMILES string of the molecule is Cc1nc2cc(Cl)cc(Cl)c2c(N(C)C)c1CC#N. The van der Waals surface area contributed by atoms with Gasteiger partial charge < -0.3 is 4.90 Å². The van der Waals surface area contributed by atoms with Gasteiger partial charge in [0, 0.05) is 35.8 Å². The van der Waals surface area contributed by atoms with Crippen molar-refractivity contribution in [2.75, 3.05) is 19.0 Å². The Labute approximate surface area is 122 Å². The number of benzene rings is 1. The summed E-state index contributed by atoms with van der Waals surface area (Å²) in [5, 5.41) is 10.9. The number of hydrogen-bond acceptors (Lipinski definition) is 3. The summed E-state index contributed by atoms with van der Waals surface area (Å²) < 4.78 is 0. The summed E-state index contributed by atoms with van der Waals surface area (Å²) in [5.74, 6) is 0. The van der Waals surface area contributed by atoms with E-state index < -0.39 is 0 Å². The summed E-state index contributed by atoms with van der Waals surface area (Å²) in [4.78, 5) is 6.47. The Balaban J connectivity index is 2.95. The molecule has 1 aromatic heterocycles. The number of fused-ring (bicyclic) bond motifs is 1. The van der Waals surface area contributed by atoms with Crippen LogP contribution in [-0.2, 0) is 6.42 Å². The normalized spacial score (nSPS) is 10.5. The van der Waals surface area contributed by atoms with Gasteiger partial charge in [0.15, 0.2) is 0 Å². The standard InChI is InChI=1S/C14H13Cl2N3/c1-8-10(4-5-17)14(19(2)3)13-11(16)6-9(15)7-12(13)18-8/h6-7H,4H2,1-3H3. The average Bonchev–Trinajstić information content (AvgIpc) is 2.30. The molecular weight excluding hydrogens is 281 g/mol. The van der Waals surface area contributed by atoms with E-state index >= 15 is 0 Å². The van der Waals surface area contributed by atoms with Crippen molar-refractivity contribution in [3.05, 3.63) is 33.4 Å². The Kier molecular flexibility index (Phi) is 3.84. The fraction of sp³-hybridized carbons (Fsp3) is 0.286. The Morgan fingerprint density at radius 1 is 1.32 bits per heavy atom. The lowest BCUT2D eigenvalue weighted by Crippen LogP contribution is -2.14. The lowest BCUT2D eigenvalue weighted by molar-refractivity contribution is 1.06. The minimum absolute atomic E-state index is 0.307. The van der Waals surface area contributed by atoms with E-state index in [1.54, 1.807) is 12.1 Å². The topological polar surface area (TPSA) is 39.9 Å². The molecule has 0 aliphatic rings. The van der Waals surface area contributed by atoms with E-state index in [-0.39, 0.29) is 0 Å². The number of pyridine rings is 1. The van der Waals surface area contributed by atoms with Crippen molar-refractivity contribution in [2.24, 2.45) is 0 Å². The average molecular weight is 294 g/mol. The molecule has 0 aliphatic heterocycles. The van der Waals surface area contributed by atoms with Crippen LogP contribution in [0, 0.1) is 18.3 Å². The fourth-order valence-corrected chi connectivity index (χ4v) is 2.81. The molecule has 0 atom stereocenters. The van der Waals surface area contributed by atoms with Gasteiger partial charge in [-0.05, 0) is 19.1 Å². The molecule has 2 rings (SSSR count). The van der Waals surface area contributed by atoms with Crippen LogP contribution >= 0.6 is 23.2 Å². The molecule has 0 unspecified atom stereocenters. The maximum atomic E-state index is 8.99. The van der Waals surface area contributed by atoms with Gasteiger partial charge in [0.2, 0.25) is 0 Å². The maximum absolute atomic E-state index is 8.99. The summed E-state index contributed by atoms with van der Waals surface area (Å²) in [7, 11) is 3.86. The van der Waals surface area contributed by atoms with Crippen molar-refractivity contribution in [2.45, 2.75) is 13.3 Å². The van der Waals surface area contributed by atoms with Crippen LogP contribution < -0.4 is 4.90 Å². The third-order valence-electron chi connectivity index (χ3n) is 2.98. The van der Waals surface area contributed by atoms with E-state index in [1.807, 2.05) is 25.9 Å². The first-order valence-electron chi connectivity index (χ1n) is 5.78. The molecule has 0 saturated carbocycles. The molecule has 98 valence electrons. The van der Waals surface area contributed by atoms with Crippen LogP contribution in [0.25, 0.3) is 10.9 Å². The van der Waals surface area contributed by atoms with Crippen molar-refractivity contribution < 1.29 is 0 Å². The minimum Gasteiger partial charge on any atom is -0.377 e. The lowest BCUT2D eigenvalue weighted by atomic mass is 10.0. The zero-order valence-corrected chi connectivity index (χ0v) is 12.5. The van der Waals surface area contributed by atoms with Crippen molar-refractivity contribution in [3.63, 3.8) is 0 Å². The molecule has 0 spiro atoms. The molecule has 1 aromatic carbocycles. The smallest absolute Gasteiger partial charge is 0.0756 e. The summed E-state index contributed by atoms with van der Waals surface area (Å²) >= 11 is 12.3. The van der Waals surface area contributed by atoms with Gasteiger partial charge in [0.25, 0.3) is 0 Å². The second kappa shape index (κ2) is 5.24. The van der Waals surface area contributed by atoms with E-state index in [0.29, 0.717) is 16.5 Å². The second-order valence-corrected chi connectivity index (χ2v) is 5.38. The number of nitriles is 1. The van der Waals surface area contributed by atoms with Crippen LogP contribution in [0.1, 0.15) is 11.3 Å². The first-order valence-corrected chi connectivity index (χ1v) is 6.53. The molecular formula is C14H13Cl2N3. The monoisotopic (exact) mass is 293 g/mol. The predicted molar refractivity (Wildman–Crippen MR) is 80.1 cm³/mol. The first-order chi connectivity index (χ1) is 8.95. The highest BCUT2D eigenvalue weighted by Gasteiger charge is 2.17. The van der Waals surface area contributed by atoms with E-state index in [2.05, 4.69) is 11.1 Å². The van der Waals surface area contributed by atoms with Crippen molar-refractivity contribution >= 4 is 39.8 Å². The van der Waals surface area contributed by atoms with Gasteiger partial charge in [-0.2, -0.15) is 5.26 Å². The predicted octanol–water partition coefficient (Wildman–Crippen LogP) is 3.98. The number of anilines is 1. The quantitative estimate of drug-likeness (QED) is 0.841. The molecule has 0 bridgehead atoms. The van der Waals surface area contributed by atoms with Crippen molar-refractivity contribution in [1.82, 2.24) is 4.98 Å². The van der Waals surface area contributed by atoms with Gasteiger partial charge in [0.1, 0.15) is 0 Å². The number of aromatic nitrogens is 1. The van der Waals surface area contributed by atoms with Crippen LogP contribution in [0.3, 0.4) is 0 Å². The lowest BCUT2D eigenvalue weighted by Gasteiger charge is -2.21. The van der Waals surface area contributed by atoms with Gasteiger partial charge in [-0.15, -0.1) is 0 Å². The number of nitrogens with zero attached hydrogens (tertiary/aromatic N) is 3. The summed E-state index contributed by atoms with van der Waals surface area (Å²) in [5.41, 5.74) is 3.42. The molecule has 3 nitrogen and oxygen atoms in total. The van der Waals surface area contributed by atoms with Gasteiger partial charge in [0.05, 0.1) is 28.7 Å². The van der Waals surface area contributed by atoms with Crippen LogP contribution in [0.5, 0.6) is 0 Å². The Morgan fingerprint density at radius 3 is 2.58 bits per heavy atom. The number of aryl methyl sites for hydroxylation is 1. The minimum atomic E-state index is 0.307. The van der Waals surface area contributed by atoms with E-state index in [9.17, 15) is 0 Å². The zero-order chi connectivity index (χ0) is 14.2. The van der Waals surface area contributed by atoms with Gasteiger partial charge in [-0.3, -0.25) is 4.98 Å². The molecule has 0 radical (unpaired) electrons. The van der Waals surface area contributed by atoms with Crippen LogP contribution in [0.4, 0.5) is 5.69 Å².